The lowest BCUT2D eigenvalue weighted by Crippen LogP contribution is -2.06. The molecule has 0 N–H and O–H groups in total. The summed E-state index contributed by atoms with van der Waals surface area (Å²) in [6, 6.07) is 25.6. The van der Waals surface area contributed by atoms with E-state index in [9.17, 15) is 4.79 Å². The number of hydrogen-bond donors (Lipinski definition) is 0. The highest BCUT2D eigenvalue weighted by atomic mass is 32.2. The summed E-state index contributed by atoms with van der Waals surface area (Å²) in [4.78, 5) is 12.6. The normalized spacial score (nSPS) is 10.8. The monoisotopic (exact) mass is 429 g/mol. The molecule has 1 heterocycles. The summed E-state index contributed by atoms with van der Waals surface area (Å²) < 4.78 is 7.27. The number of carbonyl (C=O) groups is 1. The maximum Gasteiger partial charge on any atom is 0.196 e. The number of thioether (sulfide) groups is 1. The van der Waals surface area contributed by atoms with Crippen LogP contribution in [0.3, 0.4) is 0 Å². The number of rotatable bonds is 8. The number of hydrogen-bond acceptors (Lipinski definition) is 5. The molecule has 0 bridgehead atoms. The average Bonchev–Trinajstić information content (AvgIpc) is 3.21. The minimum atomic E-state index is 0.0734. The van der Waals surface area contributed by atoms with Crippen LogP contribution in [0.15, 0.2) is 84.0 Å². The third-order valence-corrected chi connectivity index (χ3v) is 5.87. The molecule has 0 saturated heterocycles. The smallest absolute Gasteiger partial charge is 0.196 e. The number of para-hydroxylation sites is 1. The van der Waals surface area contributed by atoms with Crippen molar-refractivity contribution in [1.29, 1.82) is 0 Å². The number of ether oxygens (including phenoxy) is 1. The minimum absolute atomic E-state index is 0.0734. The Morgan fingerprint density at radius 1 is 0.935 bits per heavy atom. The van der Waals surface area contributed by atoms with Gasteiger partial charge in [0.2, 0.25) is 0 Å². The molecule has 3 aromatic carbocycles. The minimum Gasteiger partial charge on any atom is -0.497 e. The van der Waals surface area contributed by atoms with Gasteiger partial charge < -0.3 is 4.74 Å². The van der Waals surface area contributed by atoms with Gasteiger partial charge in [-0.1, -0.05) is 71.9 Å². The fraction of sp³-hybridized carbons (Fsp3) is 0.160. The van der Waals surface area contributed by atoms with Crippen molar-refractivity contribution in [3.8, 4) is 11.4 Å². The van der Waals surface area contributed by atoms with Gasteiger partial charge in [-0.15, -0.1) is 10.2 Å². The maximum atomic E-state index is 12.6. The predicted molar refractivity (Wildman–Crippen MR) is 123 cm³/mol. The van der Waals surface area contributed by atoms with Crippen molar-refractivity contribution >= 4 is 17.5 Å². The van der Waals surface area contributed by atoms with Crippen LogP contribution < -0.4 is 4.74 Å². The highest BCUT2D eigenvalue weighted by Crippen LogP contribution is 2.25. The van der Waals surface area contributed by atoms with E-state index in [1.807, 2.05) is 90.4 Å². The molecule has 0 fully saturated rings. The number of nitrogens with zero attached hydrogens (tertiary/aromatic N) is 3. The summed E-state index contributed by atoms with van der Waals surface area (Å²) in [5, 5.41) is 9.55. The van der Waals surface area contributed by atoms with Crippen LogP contribution in [0.5, 0.6) is 5.75 Å². The number of ketones is 1. The van der Waals surface area contributed by atoms with Gasteiger partial charge in [0.1, 0.15) is 11.6 Å². The Labute approximate surface area is 186 Å². The molecule has 1 aromatic heterocycles. The molecule has 0 unspecified atom stereocenters. The number of Topliss-reactive ketones (excluding diaryl/α,β-unsaturated/α-hetero) is 1. The standard InChI is InChI=1S/C25H23N3O2S/c1-18-8-12-20(13-9-18)23(29)17-31-25-27-26-24(28(25)21-6-4-3-5-7-21)16-19-10-14-22(30-2)15-11-19/h3-15H,16-17H2,1-2H3. The molecule has 0 atom stereocenters. The summed E-state index contributed by atoms with van der Waals surface area (Å²) in [7, 11) is 1.66. The van der Waals surface area contributed by atoms with Gasteiger partial charge in [-0.25, -0.2) is 0 Å². The van der Waals surface area contributed by atoms with Crippen LogP contribution in [0.25, 0.3) is 5.69 Å². The molecule has 156 valence electrons. The Morgan fingerprint density at radius 2 is 1.65 bits per heavy atom. The van der Waals surface area contributed by atoms with Crippen molar-refractivity contribution in [1.82, 2.24) is 14.8 Å². The lowest BCUT2D eigenvalue weighted by molar-refractivity contribution is 0.102. The molecular weight excluding hydrogens is 406 g/mol. The van der Waals surface area contributed by atoms with Crippen molar-refractivity contribution in [3.63, 3.8) is 0 Å². The molecule has 0 aliphatic rings. The van der Waals surface area contributed by atoms with Gasteiger partial charge in [-0.2, -0.15) is 0 Å². The highest BCUT2D eigenvalue weighted by Gasteiger charge is 2.17. The van der Waals surface area contributed by atoms with E-state index in [1.165, 1.54) is 11.8 Å². The maximum absolute atomic E-state index is 12.6. The number of aromatic nitrogens is 3. The van der Waals surface area contributed by atoms with E-state index in [4.69, 9.17) is 4.74 Å². The summed E-state index contributed by atoms with van der Waals surface area (Å²) >= 11 is 1.41. The van der Waals surface area contributed by atoms with Crippen molar-refractivity contribution in [2.24, 2.45) is 0 Å². The van der Waals surface area contributed by atoms with Gasteiger partial charge in [0.05, 0.1) is 12.9 Å². The van der Waals surface area contributed by atoms with Gasteiger partial charge in [-0.3, -0.25) is 9.36 Å². The number of carbonyl (C=O) groups excluding carboxylic acids is 1. The Bertz CT molecular complexity index is 1150. The number of aryl methyl sites for hydroxylation is 1. The first-order valence-corrected chi connectivity index (χ1v) is 11.0. The zero-order valence-electron chi connectivity index (χ0n) is 17.5. The van der Waals surface area contributed by atoms with Crippen LogP contribution in [0.1, 0.15) is 27.3 Å². The Kier molecular flexibility index (Phi) is 6.48. The molecular formula is C25H23N3O2S. The largest absolute Gasteiger partial charge is 0.497 e. The topological polar surface area (TPSA) is 57.0 Å². The first-order valence-electron chi connectivity index (χ1n) is 9.99. The van der Waals surface area contributed by atoms with E-state index in [0.717, 1.165) is 28.4 Å². The molecule has 31 heavy (non-hydrogen) atoms. The van der Waals surface area contributed by atoms with Gasteiger partial charge in [0.15, 0.2) is 10.9 Å². The highest BCUT2D eigenvalue weighted by molar-refractivity contribution is 7.99. The van der Waals surface area contributed by atoms with E-state index in [-0.39, 0.29) is 5.78 Å². The quantitative estimate of drug-likeness (QED) is 0.286. The van der Waals surface area contributed by atoms with Crippen LogP contribution in [0, 0.1) is 6.92 Å². The summed E-state index contributed by atoms with van der Waals surface area (Å²) in [5.41, 5.74) is 3.93. The fourth-order valence-corrected chi connectivity index (χ4v) is 4.09. The molecule has 0 amide bonds. The summed E-state index contributed by atoms with van der Waals surface area (Å²) in [6.45, 7) is 2.01. The van der Waals surface area contributed by atoms with Crippen LogP contribution in [-0.2, 0) is 6.42 Å². The van der Waals surface area contributed by atoms with Gasteiger partial charge >= 0.3 is 0 Å². The molecule has 4 aromatic rings. The Balaban J connectivity index is 1.58. The second kappa shape index (κ2) is 9.62. The Morgan fingerprint density at radius 3 is 2.32 bits per heavy atom. The summed E-state index contributed by atoms with van der Waals surface area (Å²) in [5.74, 6) is 2.02. The number of benzene rings is 3. The molecule has 4 rings (SSSR count). The second-order valence-electron chi connectivity index (χ2n) is 7.17. The van der Waals surface area contributed by atoms with E-state index in [2.05, 4.69) is 10.2 Å². The SMILES string of the molecule is COc1ccc(Cc2nnc(SCC(=O)c3ccc(C)cc3)n2-c2ccccc2)cc1. The fourth-order valence-electron chi connectivity index (χ4n) is 3.22. The molecule has 0 saturated carbocycles. The lowest BCUT2D eigenvalue weighted by Gasteiger charge is -2.10. The van der Waals surface area contributed by atoms with Crippen molar-refractivity contribution in [3.05, 3.63) is 101 Å². The molecule has 6 heteroatoms. The predicted octanol–water partition coefficient (Wildman–Crippen LogP) is 5.15. The second-order valence-corrected chi connectivity index (χ2v) is 8.11. The van der Waals surface area contributed by atoms with E-state index >= 15 is 0 Å². The molecule has 0 aliphatic heterocycles. The average molecular weight is 430 g/mol. The third-order valence-electron chi connectivity index (χ3n) is 4.94. The molecule has 0 spiro atoms. The zero-order valence-corrected chi connectivity index (χ0v) is 18.3. The van der Waals surface area contributed by atoms with E-state index in [1.54, 1.807) is 7.11 Å². The Hall–Kier alpha value is -3.38. The van der Waals surface area contributed by atoms with Gasteiger partial charge in [0.25, 0.3) is 0 Å². The zero-order chi connectivity index (χ0) is 21.6. The first-order chi connectivity index (χ1) is 15.1. The van der Waals surface area contributed by atoms with E-state index < -0.39 is 0 Å². The van der Waals surface area contributed by atoms with Crippen molar-refractivity contribution in [2.75, 3.05) is 12.9 Å². The third kappa shape index (κ3) is 5.03. The van der Waals surface area contributed by atoms with Crippen LogP contribution >= 0.6 is 11.8 Å². The van der Waals surface area contributed by atoms with Crippen LogP contribution in [0.2, 0.25) is 0 Å². The lowest BCUT2D eigenvalue weighted by atomic mass is 10.1. The van der Waals surface area contributed by atoms with Crippen molar-refractivity contribution in [2.45, 2.75) is 18.5 Å². The van der Waals surface area contributed by atoms with Gasteiger partial charge in [0, 0.05) is 17.7 Å². The van der Waals surface area contributed by atoms with Crippen LogP contribution in [-0.4, -0.2) is 33.4 Å². The number of methoxy groups -OCH3 is 1. The first kappa shape index (κ1) is 20.9. The molecule has 0 radical (unpaired) electrons. The van der Waals surface area contributed by atoms with Gasteiger partial charge in [-0.05, 0) is 36.8 Å². The van der Waals surface area contributed by atoms with E-state index in [0.29, 0.717) is 22.9 Å². The van der Waals surface area contributed by atoms with Crippen molar-refractivity contribution < 1.29 is 9.53 Å². The summed E-state index contributed by atoms with van der Waals surface area (Å²) in [6.07, 6.45) is 0.623. The molecule has 5 nitrogen and oxygen atoms in total. The molecule has 0 aliphatic carbocycles. The van der Waals surface area contributed by atoms with Crippen LogP contribution in [0.4, 0.5) is 0 Å².